The van der Waals surface area contributed by atoms with E-state index in [1.54, 1.807) is 13.7 Å². The number of aryl methyl sites for hydroxylation is 7. The molecule has 5 heterocycles. The second-order valence-electron chi connectivity index (χ2n) is 18.1. The number of aromatic amines is 1. The van der Waals surface area contributed by atoms with Crippen LogP contribution in [0.25, 0.3) is 60.9 Å². The molecule has 16 heteroatoms. The number of hydrogen-bond acceptors (Lipinski definition) is 11. The summed E-state index contributed by atoms with van der Waals surface area (Å²) in [5.41, 5.74) is 17.3. The second-order valence-corrected chi connectivity index (χ2v) is 18.4. The van der Waals surface area contributed by atoms with Crippen molar-refractivity contribution >= 4 is 67.2 Å². The van der Waals surface area contributed by atoms with Gasteiger partial charge in [0.1, 0.15) is 23.0 Å². The minimum Gasteiger partial charge on any atom is -0.368 e. The van der Waals surface area contributed by atoms with Crippen LogP contribution in [0.5, 0.6) is 0 Å². The first-order valence-electron chi connectivity index (χ1n) is 24.2. The number of H-pyrrole nitrogens is 1. The molecule has 4 N–H and O–H groups in total. The van der Waals surface area contributed by atoms with Gasteiger partial charge in [-0.3, -0.25) is 28.1 Å². The summed E-state index contributed by atoms with van der Waals surface area (Å²) in [5, 5.41) is 5.30. The maximum atomic E-state index is 13.7. The Labute approximate surface area is 431 Å². The average Bonchev–Trinajstić information content (AvgIpc) is 3.87. The smallest absolute Gasteiger partial charge is 0.266 e. The minimum absolute atomic E-state index is 0.0178. The van der Waals surface area contributed by atoms with E-state index in [9.17, 15) is 14.4 Å². The molecule has 6 aromatic carbocycles. The zero-order valence-electron chi connectivity index (χ0n) is 42.4. The summed E-state index contributed by atoms with van der Waals surface area (Å²) < 4.78 is 5.05. The Morgan fingerprint density at radius 1 is 0.541 bits per heavy atom. The van der Waals surface area contributed by atoms with Crippen molar-refractivity contribution in [3.63, 3.8) is 0 Å². The number of nitrogens with one attached hydrogen (secondary N) is 2. The van der Waals surface area contributed by atoms with Crippen molar-refractivity contribution < 1.29 is 0 Å². The maximum Gasteiger partial charge on any atom is 0.266 e. The van der Waals surface area contributed by atoms with Gasteiger partial charge in [-0.1, -0.05) is 97.9 Å². The van der Waals surface area contributed by atoms with Gasteiger partial charge in [0.05, 0.1) is 68.0 Å². The molecule has 74 heavy (non-hydrogen) atoms. The van der Waals surface area contributed by atoms with Crippen molar-refractivity contribution in [1.82, 2.24) is 48.6 Å². The van der Waals surface area contributed by atoms with Crippen LogP contribution < -0.4 is 27.7 Å². The highest BCUT2D eigenvalue weighted by Crippen LogP contribution is 2.27. The number of halogens is 1. The molecule has 5 aromatic heterocycles. The second kappa shape index (κ2) is 21.1. The number of imidazole rings is 1. The zero-order chi connectivity index (χ0) is 52.4. The average molecular weight is 1000 g/mol. The third-order valence-corrected chi connectivity index (χ3v) is 13.3. The van der Waals surface area contributed by atoms with E-state index in [4.69, 9.17) is 27.3 Å². The predicted molar refractivity (Wildman–Crippen MR) is 298 cm³/mol. The summed E-state index contributed by atoms with van der Waals surface area (Å²) in [4.78, 5) is 69.5. The van der Waals surface area contributed by atoms with Gasteiger partial charge in [0.2, 0.25) is 5.95 Å². The van der Waals surface area contributed by atoms with E-state index in [0.29, 0.717) is 62.2 Å². The van der Waals surface area contributed by atoms with Crippen LogP contribution >= 0.6 is 11.6 Å². The van der Waals surface area contributed by atoms with E-state index in [1.807, 2.05) is 183 Å². The van der Waals surface area contributed by atoms with Gasteiger partial charge in [-0.15, -0.1) is 11.6 Å². The van der Waals surface area contributed by atoms with Gasteiger partial charge in [-0.2, -0.15) is 9.97 Å². The molecule has 0 aliphatic rings. The largest absolute Gasteiger partial charge is 0.368 e. The molecule has 0 saturated carbocycles. The number of anilines is 2. The van der Waals surface area contributed by atoms with E-state index < -0.39 is 0 Å². The van der Waals surface area contributed by atoms with Gasteiger partial charge in [0, 0.05) is 6.42 Å². The van der Waals surface area contributed by atoms with E-state index in [0.717, 1.165) is 61.8 Å². The normalized spacial score (nSPS) is 11.6. The topological polar surface area (TPSA) is 197 Å². The molecule has 1 unspecified atom stereocenters. The van der Waals surface area contributed by atoms with E-state index >= 15 is 0 Å². The van der Waals surface area contributed by atoms with Crippen molar-refractivity contribution in [3.8, 4) is 17.1 Å². The third kappa shape index (κ3) is 9.52. The van der Waals surface area contributed by atoms with Gasteiger partial charge in [-0.25, -0.2) is 19.9 Å². The number of nitrogen functional groups attached to an aromatic ring is 1. The Balaban J connectivity index is 0.000000141. The highest BCUT2D eigenvalue weighted by Gasteiger charge is 2.22. The molecular weight excluding hydrogens is 948 g/mol. The maximum absolute atomic E-state index is 13.7. The third-order valence-electron chi connectivity index (χ3n) is 13.0. The number of hydrogen-bond donors (Lipinski definition) is 3. The first-order valence-corrected chi connectivity index (χ1v) is 24.8. The van der Waals surface area contributed by atoms with E-state index in [2.05, 4.69) is 30.2 Å². The Kier molecular flexibility index (Phi) is 14.3. The van der Waals surface area contributed by atoms with Gasteiger partial charge in [-0.05, 0) is 118 Å². The molecule has 0 aliphatic heterocycles. The Hall–Kier alpha value is -8.82. The minimum atomic E-state index is -0.381. The molecule has 0 amide bonds. The van der Waals surface area contributed by atoms with Gasteiger partial charge in [0.25, 0.3) is 16.7 Å². The summed E-state index contributed by atoms with van der Waals surface area (Å²) >= 11 is 6.02. The molecule has 372 valence electrons. The molecule has 0 bridgehead atoms. The van der Waals surface area contributed by atoms with Gasteiger partial charge < -0.3 is 16.0 Å². The van der Waals surface area contributed by atoms with Crippen LogP contribution in [0.2, 0.25) is 0 Å². The van der Waals surface area contributed by atoms with Crippen LogP contribution in [0.4, 0.5) is 11.8 Å². The number of nitrogens with two attached hydrogens (primary N) is 1. The highest BCUT2D eigenvalue weighted by atomic mass is 35.5. The van der Waals surface area contributed by atoms with Crippen molar-refractivity contribution in [3.05, 3.63) is 216 Å². The Bertz CT molecular complexity index is 3970. The molecule has 11 rings (SSSR count). The van der Waals surface area contributed by atoms with E-state index in [1.165, 1.54) is 6.33 Å². The highest BCUT2D eigenvalue weighted by molar-refractivity contribution is 6.16. The fourth-order valence-corrected chi connectivity index (χ4v) is 9.49. The summed E-state index contributed by atoms with van der Waals surface area (Å²) in [5.74, 6) is 2.71. The molecule has 0 spiro atoms. The summed E-state index contributed by atoms with van der Waals surface area (Å²) in [6.07, 6.45) is 2.25. The number of benzene rings is 6. The molecule has 1 atom stereocenters. The standard InChI is InChI=1S/C23H22N8O.C18H18N2O.C17H15ClN2O/c1-12-7-4-5-10-16(12)31-21(28-15-9-6-8-13(2)17(15)22(31)32)14(3)27-20-18-19(26-11-25-18)29-23(24)30-20;1-4-16-19-14-10-7-9-13(3)17(14)18(21)20(16)15-11-6-5-8-12(15)2;1-11-6-3-4-9-14(11)20-15(10-18)19-13-8-5-7-12(2)16(13)17(20)21/h4-11,14H,1-3H3,(H4,24,25,26,27,29,30);5-11H,4H2,1-3H3;3-9H,10H2,1-2H3. The predicted octanol–water partition coefficient (Wildman–Crippen LogP) is 10.7. The fourth-order valence-electron chi connectivity index (χ4n) is 9.31. The lowest BCUT2D eigenvalue weighted by Crippen LogP contribution is -2.28. The van der Waals surface area contributed by atoms with Crippen LogP contribution in [0.1, 0.15) is 70.7 Å². The summed E-state index contributed by atoms with van der Waals surface area (Å²) in [6.45, 7) is 15.7. The summed E-state index contributed by atoms with van der Waals surface area (Å²) in [6, 6.07) is 40.2. The number of alkyl halides is 1. The molecular formula is C58H55ClN12O3. The van der Waals surface area contributed by atoms with Crippen molar-refractivity contribution in [2.45, 2.75) is 73.7 Å². The number of rotatable bonds is 8. The van der Waals surface area contributed by atoms with E-state index in [-0.39, 0.29) is 34.5 Å². The quantitative estimate of drug-likeness (QED) is 0.122. The first kappa shape index (κ1) is 50.1. The monoisotopic (exact) mass is 1000 g/mol. The number of para-hydroxylation sites is 3. The molecule has 0 saturated heterocycles. The lowest BCUT2D eigenvalue weighted by molar-refractivity contribution is 0.730. The first-order chi connectivity index (χ1) is 35.7. The summed E-state index contributed by atoms with van der Waals surface area (Å²) in [7, 11) is 0. The lowest BCUT2D eigenvalue weighted by Gasteiger charge is -2.21. The van der Waals surface area contributed by atoms with Crippen molar-refractivity contribution in [2.24, 2.45) is 0 Å². The molecule has 15 nitrogen and oxygen atoms in total. The van der Waals surface area contributed by atoms with Gasteiger partial charge >= 0.3 is 0 Å². The SMILES string of the molecule is CCc1nc2cccc(C)c2c(=O)n1-c1ccccc1C.Cc1ccccc1-n1c(C(C)Nc2nc(N)nc3nc[nH]c23)nc2cccc(C)c2c1=O.Cc1ccccc1-n1c(CCl)nc2cccc(C)c2c1=O. The number of aromatic nitrogens is 10. The lowest BCUT2D eigenvalue weighted by atomic mass is 10.1. The van der Waals surface area contributed by atoms with Gasteiger partial charge in [0.15, 0.2) is 11.5 Å². The van der Waals surface area contributed by atoms with Crippen LogP contribution in [-0.4, -0.2) is 48.6 Å². The Morgan fingerprint density at radius 2 is 0.959 bits per heavy atom. The van der Waals surface area contributed by atoms with Crippen LogP contribution in [0.3, 0.4) is 0 Å². The zero-order valence-corrected chi connectivity index (χ0v) is 43.2. The molecule has 0 aliphatic carbocycles. The molecule has 0 fully saturated rings. The van der Waals surface area contributed by atoms with Crippen LogP contribution in [0, 0.1) is 41.5 Å². The van der Waals surface area contributed by atoms with Crippen LogP contribution in [0.15, 0.2) is 148 Å². The fraction of sp³-hybridized carbons (Fsp3) is 0.190. The number of fused-ring (bicyclic) bond motifs is 4. The van der Waals surface area contributed by atoms with Crippen LogP contribution in [-0.2, 0) is 12.3 Å². The molecule has 11 aromatic rings. The van der Waals surface area contributed by atoms with Crippen molar-refractivity contribution in [2.75, 3.05) is 11.1 Å². The Morgan fingerprint density at radius 3 is 1.43 bits per heavy atom. The molecule has 0 radical (unpaired) electrons. The van der Waals surface area contributed by atoms with Crippen molar-refractivity contribution in [1.29, 1.82) is 0 Å². The number of nitrogens with zero attached hydrogens (tertiary/aromatic N) is 9.